The molecule has 0 unspecified atom stereocenters. The van der Waals surface area contributed by atoms with E-state index in [1.807, 2.05) is 54.6 Å². The summed E-state index contributed by atoms with van der Waals surface area (Å²) in [5.41, 5.74) is 13.6. The van der Waals surface area contributed by atoms with E-state index in [0.29, 0.717) is 21.6 Å². The summed E-state index contributed by atoms with van der Waals surface area (Å²) in [6.07, 6.45) is 1.48. The molecule has 2 aromatic carbocycles. The van der Waals surface area contributed by atoms with Gasteiger partial charge in [-0.2, -0.15) is 0 Å². The number of rotatable bonds is 5. The van der Waals surface area contributed by atoms with Crippen molar-refractivity contribution in [1.29, 1.82) is 0 Å². The highest BCUT2D eigenvalue weighted by Crippen LogP contribution is 2.33. The minimum Gasteiger partial charge on any atom is -0.393 e. The number of halogens is 1. The second kappa shape index (κ2) is 7.21. The number of hydrogen-bond acceptors (Lipinski definition) is 6. The van der Waals surface area contributed by atoms with Crippen molar-refractivity contribution in [2.45, 2.75) is 9.92 Å². The third-order valence-corrected chi connectivity index (χ3v) is 4.25. The summed E-state index contributed by atoms with van der Waals surface area (Å²) in [7, 11) is 0. The summed E-state index contributed by atoms with van der Waals surface area (Å²) < 4.78 is 0. The van der Waals surface area contributed by atoms with Crippen LogP contribution in [0.5, 0.6) is 0 Å². The van der Waals surface area contributed by atoms with Crippen LogP contribution in [-0.4, -0.2) is 9.97 Å². The average molecular weight is 344 g/mol. The van der Waals surface area contributed by atoms with Crippen molar-refractivity contribution in [3.63, 3.8) is 0 Å². The number of benzene rings is 2. The lowest BCUT2D eigenvalue weighted by Crippen LogP contribution is -2.12. The van der Waals surface area contributed by atoms with Gasteiger partial charge in [0.15, 0.2) is 5.82 Å². The summed E-state index contributed by atoms with van der Waals surface area (Å²) in [5.74, 6) is 0.528. The smallest absolute Gasteiger partial charge is 0.172 e. The summed E-state index contributed by atoms with van der Waals surface area (Å²) in [6.45, 7) is 0. The fourth-order valence-electron chi connectivity index (χ4n) is 1.83. The van der Waals surface area contributed by atoms with Crippen molar-refractivity contribution in [1.82, 2.24) is 9.97 Å². The van der Waals surface area contributed by atoms with Gasteiger partial charge in [0.1, 0.15) is 17.0 Å². The van der Waals surface area contributed by atoms with Crippen LogP contribution in [0.3, 0.4) is 0 Å². The minimum absolute atomic E-state index is 0.482. The molecule has 1 heterocycles. The molecule has 4 N–H and O–H groups in total. The third kappa shape index (κ3) is 4.06. The average Bonchev–Trinajstić information content (AvgIpc) is 2.58. The summed E-state index contributed by atoms with van der Waals surface area (Å²) in [6, 6.07) is 17.2. The zero-order chi connectivity index (χ0) is 16.1. The summed E-state index contributed by atoms with van der Waals surface area (Å²) >= 11 is 7.35. The van der Waals surface area contributed by atoms with E-state index in [4.69, 9.17) is 17.3 Å². The highest BCUT2D eigenvalue weighted by Gasteiger charge is 2.09. The molecule has 1 aromatic heterocycles. The van der Waals surface area contributed by atoms with Crippen molar-refractivity contribution < 1.29 is 0 Å². The molecule has 0 saturated carbocycles. The Balaban J connectivity index is 1.74. The maximum absolute atomic E-state index is 6.15. The first-order valence-electron chi connectivity index (χ1n) is 6.83. The number of anilines is 3. The SMILES string of the molecule is Nc1c(NNc2ccccc2)ncnc1Sc1ccc(Cl)cc1. The van der Waals surface area contributed by atoms with Crippen LogP contribution < -0.4 is 16.6 Å². The van der Waals surface area contributed by atoms with Gasteiger partial charge in [0.2, 0.25) is 0 Å². The quantitative estimate of drug-likeness (QED) is 0.473. The van der Waals surface area contributed by atoms with Crippen LogP contribution in [0.4, 0.5) is 17.2 Å². The number of hydrogen-bond donors (Lipinski definition) is 3. The van der Waals surface area contributed by atoms with Crippen LogP contribution in [0.1, 0.15) is 0 Å². The van der Waals surface area contributed by atoms with Crippen LogP contribution in [-0.2, 0) is 0 Å². The molecule has 0 aliphatic carbocycles. The van der Waals surface area contributed by atoms with Crippen molar-refractivity contribution in [2.24, 2.45) is 0 Å². The first-order chi connectivity index (χ1) is 11.2. The molecule has 0 spiro atoms. The monoisotopic (exact) mass is 343 g/mol. The molecule has 0 fully saturated rings. The van der Waals surface area contributed by atoms with Crippen LogP contribution in [0, 0.1) is 0 Å². The normalized spacial score (nSPS) is 10.3. The lowest BCUT2D eigenvalue weighted by Gasteiger charge is -2.12. The number of nitrogens with zero attached hydrogens (tertiary/aromatic N) is 2. The Morgan fingerprint density at radius 2 is 1.65 bits per heavy atom. The predicted molar refractivity (Wildman–Crippen MR) is 95.7 cm³/mol. The van der Waals surface area contributed by atoms with Crippen molar-refractivity contribution in [3.05, 3.63) is 65.9 Å². The second-order valence-corrected chi connectivity index (χ2v) is 6.11. The van der Waals surface area contributed by atoms with Gasteiger partial charge in [-0.1, -0.05) is 41.6 Å². The lowest BCUT2D eigenvalue weighted by molar-refractivity contribution is 1.05. The van der Waals surface area contributed by atoms with Gasteiger partial charge < -0.3 is 5.73 Å². The van der Waals surface area contributed by atoms with Gasteiger partial charge in [0.05, 0.1) is 5.69 Å². The van der Waals surface area contributed by atoms with E-state index in [0.717, 1.165) is 10.6 Å². The van der Waals surface area contributed by atoms with Crippen molar-refractivity contribution in [2.75, 3.05) is 16.6 Å². The van der Waals surface area contributed by atoms with Crippen LogP contribution >= 0.6 is 23.4 Å². The first kappa shape index (κ1) is 15.5. The maximum atomic E-state index is 6.15. The van der Waals surface area contributed by atoms with E-state index >= 15 is 0 Å². The molecule has 0 aliphatic rings. The Morgan fingerprint density at radius 1 is 0.913 bits per heavy atom. The van der Waals surface area contributed by atoms with E-state index in [-0.39, 0.29) is 0 Å². The summed E-state index contributed by atoms with van der Waals surface area (Å²) in [4.78, 5) is 9.40. The second-order valence-electron chi connectivity index (χ2n) is 4.61. The Hall–Kier alpha value is -2.44. The third-order valence-electron chi connectivity index (χ3n) is 2.97. The van der Waals surface area contributed by atoms with Gasteiger partial charge in [0.25, 0.3) is 0 Å². The maximum Gasteiger partial charge on any atom is 0.172 e. The molecule has 5 nitrogen and oxygen atoms in total. The highest BCUT2D eigenvalue weighted by atomic mass is 35.5. The van der Waals surface area contributed by atoms with Crippen molar-refractivity contribution >= 4 is 40.6 Å². The van der Waals surface area contributed by atoms with Gasteiger partial charge in [-0.05, 0) is 36.4 Å². The zero-order valence-electron chi connectivity index (χ0n) is 12.0. The molecule has 0 saturated heterocycles. The highest BCUT2D eigenvalue weighted by molar-refractivity contribution is 7.99. The van der Waals surface area contributed by atoms with Crippen LogP contribution in [0.2, 0.25) is 5.02 Å². The number of para-hydroxylation sites is 1. The molecule has 0 amide bonds. The molecule has 3 aromatic rings. The molecular weight excluding hydrogens is 330 g/mol. The van der Waals surface area contributed by atoms with Gasteiger partial charge >= 0.3 is 0 Å². The fourth-order valence-corrected chi connectivity index (χ4v) is 2.76. The molecule has 0 radical (unpaired) electrons. The van der Waals surface area contributed by atoms with E-state index in [1.54, 1.807) is 0 Å². The Labute approximate surface area is 143 Å². The van der Waals surface area contributed by atoms with Gasteiger partial charge in [0, 0.05) is 9.92 Å². The van der Waals surface area contributed by atoms with Gasteiger partial charge in [-0.25, -0.2) is 9.97 Å². The number of nitrogens with two attached hydrogens (primary N) is 1. The van der Waals surface area contributed by atoms with Crippen LogP contribution in [0.25, 0.3) is 0 Å². The largest absolute Gasteiger partial charge is 0.393 e. The standard InChI is InChI=1S/C16H14ClN5S/c17-11-6-8-13(9-7-11)23-16-14(18)15(19-10-20-16)22-21-12-4-2-1-3-5-12/h1-10,21H,18H2,(H,19,20,22). The fraction of sp³-hybridized carbons (Fsp3) is 0. The molecular formula is C16H14ClN5S. The number of nitrogen functional groups attached to an aromatic ring is 1. The van der Waals surface area contributed by atoms with Gasteiger partial charge in [-0.3, -0.25) is 10.9 Å². The first-order valence-corrected chi connectivity index (χ1v) is 8.03. The molecule has 0 aliphatic heterocycles. The van der Waals surface area contributed by atoms with Crippen LogP contribution in [0.15, 0.2) is 70.8 Å². The Morgan fingerprint density at radius 3 is 2.39 bits per heavy atom. The number of nitrogens with one attached hydrogen (secondary N) is 2. The zero-order valence-corrected chi connectivity index (χ0v) is 13.6. The predicted octanol–water partition coefficient (Wildman–Crippen LogP) is 4.30. The van der Waals surface area contributed by atoms with E-state index in [9.17, 15) is 0 Å². The molecule has 0 atom stereocenters. The topological polar surface area (TPSA) is 75.9 Å². The van der Waals surface area contributed by atoms with Gasteiger partial charge in [-0.15, -0.1) is 0 Å². The number of hydrazine groups is 1. The molecule has 3 rings (SSSR count). The lowest BCUT2D eigenvalue weighted by atomic mass is 10.3. The Kier molecular flexibility index (Phi) is 4.85. The minimum atomic E-state index is 0.482. The van der Waals surface area contributed by atoms with Crippen molar-refractivity contribution in [3.8, 4) is 0 Å². The summed E-state index contributed by atoms with van der Waals surface area (Å²) in [5, 5.41) is 1.37. The molecule has 23 heavy (non-hydrogen) atoms. The number of aromatic nitrogens is 2. The molecule has 116 valence electrons. The van der Waals surface area contributed by atoms with E-state index in [1.165, 1.54) is 18.1 Å². The Bertz CT molecular complexity index is 780. The van der Waals surface area contributed by atoms with E-state index < -0.39 is 0 Å². The molecule has 7 heteroatoms. The molecule has 0 bridgehead atoms. The van der Waals surface area contributed by atoms with E-state index in [2.05, 4.69) is 20.8 Å².